The highest BCUT2D eigenvalue weighted by molar-refractivity contribution is 6.30. The van der Waals surface area contributed by atoms with Gasteiger partial charge in [-0.1, -0.05) is 50.6 Å². The smallest absolute Gasteiger partial charge is 0.388 e. The predicted octanol–water partition coefficient (Wildman–Crippen LogP) is 5.59. The van der Waals surface area contributed by atoms with E-state index in [1.54, 1.807) is 25.6 Å². The SMILES string of the molecule is COC1(c2nc3nc(C(=N)OC(N)=O)nc(-c4cncc(Cl)c4)c3n2CC2CCC(C)CC2)CCCCC1. The maximum Gasteiger partial charge on any atom is 0.411 e. The number of imidazole rings is 1. The van der Waals surface area contributed by atoms with Gasteiger partial charge < -0.3 is 19.8 Å². The van der Waals surface area contributed by atoms with Gasteiger partial charge >= 0.3 is 6.09 Å². The Morgan fingerprint density at radius 3 is 2.55 bits per heavy atom. The third-order valence-electron chi connectivity index (χ3n) is 8.02. The summed E-state index contributed by atoms with van der Waals surface area (Å²) in [7, 11) is 1.76. The molecule has 3 heterocycles. The average Bonchev–Trinajstić information content (AvgIpc) is 3.28. The second-order valence-corrected chi connectivity index (χ2v) is 11.1. The first kappa shape index (κ1) is 26.5. The zero-order valence-electron chi connectivity index (χ0n) is 21.9. The largest absolute Gasteiger partial charge is 0.411 e. The fourth-order valence-electron chi connectivity index (χ4n) is 5.96. The summed E-state index contributed by atoms with van der Waals surface area (Å²) in [6, 6.07) is 1.77. The summed E-state index contributed by atoms with van der Waals surface area (Å²) in [5, 5.41) is 8.69. The van der Waals surface area contributed by atoms with Crippen LogP contribution >= 0.6 is 11.6 Å². The molecular formula is C27H34ClN7O3. The van der Waals surface area contributed by atoms with Crippen LogP contribution in [0, 0.1) is 17.2 Å². The Bertz CT molecular complexity index is 1340. The van der Waals surface area contributed by atoms with E-state index < -0.39 is 17.6 Å². The minimum absolute atomic E-state index is 0.0934. The lowest BCUT2D eigenvalue weighted by atomic mass is 9.82. The van der Waals surface area contributed by atoms with Gasteiger partial charge in [-0.3, -0.25) is 10.4 Å². The minimum atomic E-state index is -1.11. The number of hydrogen-bond acceptors (Lipinski definition) is 8. The number of aromatic nitrogens is 5. The molecule has 0 aromatic carbocycles. The molecule has 0 unspecified atom stereocenters. The van der Waals surface area contributed by atoms with Crippen molar-refractivity contribution in [3.8, 4) is 11.3 Å². The molecule has 202 valence electrons. The molecule has 0 saturated heterocycles. The number of halogens is 1. The fraction of sp³-hybridized carbons (Fsp3) is 0.556. The summed E-state index contributed by atoms with van der Waals surface area (Å²) >= 11 is 6.32. The summed E-state index contributed by atoms with van der Waals surface area (Å²) in [6.45, 7) is 3.08. The van der Waals surface area contributed by atoms with Gasteiger partial charge in [-0.25, -0.2) is 19.7 Å². The highest BCUT2D eigenvalue weighted by Gasteiger charge is 2.40. The van der Waals surface area contributed by atoms with Crippen LogP contribution in [0.5, 0.6) is 0 Å². The van der Waals surface area contributed by atoms with Gasteiger partial charge in [-0.05, 0) is 43.6 Å². The van der Waals surface area contributed by atoms with Crippen molar-refractivity contribution in [3.63, 3.8) is 0 Å². The number of rotatable bonds is 6. The number of nitrogens with one attached hydrogen (secondary N) is 1. The molecule has 3 aromatic heterocycles. The average molecular weight is 540 g/mol. The first-order valence-corrected chi connectivity index (χ1v) is 13.7. The van der Waals surface area contributed by atoms with Gasteiger partial charge in [0.05, 0.1) is 5.02 Å². The molecule has 38 heavy (non-hydrogen) atoms. The lowest BCUT2D eigenvalue weighted by Gasteiger charge is -2.36. The fourth-order valence-corrected chi connectivity index (χ4v) is 6.14. The van der Waals surface area contributed by atoms with Crippen molar-refractivity contribution in [2.75, 3.05) is 7.11 Å². The summed E-state index contributed by atoms with van der Waals surface area (Å²) in [6.07, 6.45) is 11.8. The Hall–Kier alpha value is -3.11. The molecule has 0 radical (unpaired) electrons. The zero-order chi connectivity index (χ0) is 26.9. The van der Waals surface area contributed by atoms with E-state index in [9.17, 15) is 4.79 Å². The molecule has 0 bridgehead atoms. The Labute approximate surface area is 226 Å². The Morgan fingerprint density at radius 2 is 1.89 bits per heavy atom. The van der Waals surface area contributed by atoms with Crippen molar-refractivity contribution in [2.45, 2.75) is 76.9 Å². The van der Waals surface area contributed by atoms with Crippen LogP contribution in [0.3, 0.4) is 0 Å². The van der Waals surface area contributed by atoms with E-state index >= 15 is 0 Å². The monoisotopic (exact) mass is 539 g/mol. The van der Waals surface area contributed by atoms with Crippen molar-refractivity contribution in [1.82, 2.24) is 24.5 Å². The summed E-state index contributed by atoms with van der Waals surface area (Å²) < 4.78 is 13.3. The molecule has 1 amide bonds. The predicted molar refractivity (Wildman–Crippen MR) is 144 cm³/mol. The number of carbonyl (C=O) groups is 1. The van der Waals surface area contributed by atoms with Gasteiger partial charge in [0.1, 0.15) is 22.6 Å². The van der Waals surface area contributed by atoms with Crippen LogP contribution in [0.4, 0.5) is 4.79 Å². The minimum Gasteiger partial charge on any atom is -0.388 e. The third-order valence-corrected chi connectivity index (χ3v) is 8.23. The van der Waals surface area contributed by atoms with Gasteiger partial charge in [0.15, 0.2) is 5.65 Å². The van der Waals surface area contributed by atoms with Gasteiger partial charge in [0.2, 0.25) is 5.82 Å². The van der Waals surface area contributed by atoms with E-state index in [0.29, 0.717) is 27.8 Å². The second kappa shape index (κ2) is 10.9. The lowest BCUT2D eigenvalue weighted by molar-refractivity contribution is -0.0541. The van der Waals surface area contributed by atoms with Crippen LogP contribution in [-0.2, 0) is 21.6 Å². The van der Waals surface area contributed by atoms with Crippen molar-refractivity contribution in [3.05, 3.63) is 35.1 Å². The van der Waals surface area contributed by atoms with Crippen LogP contribution in [0.25, 0.3) is 22.4 Å². The number of ether oxygens (including phenoxy) is 2. The van der Waals surface area contributed by atoms with E-state index in [4.69, 9.17) is 37.2 Å². The maximum atomic E-state index is 11.4. The van der Waals surface area contributed by atoms with Crippen molar-refractivity contribution in [1.29, 1.82) is 5.41 Å². The Balaban J connectivity index is 1.75. The number of fused-ring (bicyclic) bond motifs is 1. The standard InChI is InChI=1S/C27H34ClN7O3/c1-16-6-8-17(9-7-16)15-35-21-20(18-12-19(28)14-31-13-18)32-24(22(29)38-26(30)36)33-23(21)34-25(35)27(37-2)10-4-3-5-11-27/h12-14,16-17,29H,3-11,15H2,1-2H3,(H2,30,36). The number of primary amides is 1. The number of methoxy groups -OCH3 is 1. The van der Waals surface area contributed by atoms with Crippen LogP contribution in [0.1, 0.15) is 76.4 Å². The number of amides is 1. The Morgan fingerprint density at radius 1 is 1.16 bits per heavy atom. The molecule has 3 aromatic rings. The number of hydrogen-bond donors (Lipinski definition) is 2. The molecule has 0 atom stereocenters. The van der Waals surface area contributed by atoms with E-state index in [2.05, 4.69) is 26.4 Å². The van der Waals surface area contributed by atoms with E-state index in [0.717, 1.165) is 68.7 Å². The van der Waals surface area contributed by atoms with E-state index in [1.165, 1.54) is 12.8 Å². The van der Waals surface area contributed by atoms with Crippen LogP contribution in [-0.4, -0.2) is 43.6 Å². The van der Waals surface area contributed by atoms with Crippen LogP contribution in [0.15, 0.2) is 18.5 Å². The van der Waals surface area contributed by atoms with Gasteiger partial charge in [0.25, 0.3) is 5.90 Å². The summed E-state index contributed by atoms with van der Waals surface area (Å²) in [5.74, 6) is 1.42. The molecule has 5 rings (SSSR count). The normalized spacial score (nSPS) is 21.3. The first-order chi connectivity index (χ1) is 18.3. The van der Waals surface area contributed by atoms with Gasteiger partial charge in [-0.2, -0.15) is 0 Å². The highest BCUT2D eigenvalue weighted by Crippen LogP contribution is 2.43. The Kier molecular flexibility index (Phi) is 7.63. The molecule has 2 fully saturated rings. The van der Waals surface area contributed by atoms with Crippen LogP contribution in [0.2, 0.25) is 5.02 Å². The molecule has 2 aliphatic carbocycles. The van der Waals surface area contributed by atoms with E-state index in [1.807, 2.05) is 0 Å². The van der Waals surface area contributed by atoms with Gasteiger partial charge in [-0.15, -0.1) is 0 Å². The molecule has 0 aliphatic heterocycles. The second-order valence-electron chi connectivity index (χ2n) is 10.6. The number of pyridine rings is 1. The molecule has 0 spiro atoms. The zero-order valence-corrected chi connectivity index (χ0v) is 22.6. The summed E-state index contributed by atoms with van der Waals surface area (Å²) in [4.78, 5) is 29.9. The third kappa shape index (κ3) is 5.24. The van der Waals surface area contributed by atoms with Crippen molar-refractivity contribution < 1.29 is 14.3 Å². The lowest BCUT2D eigenvalue weighted by Crippen LogP contribution is -2.35. The topological polar surface area (TPSA) is 142 Å². The molecular weight excluding hydrogens is 506 g/mol. The number of nitrogens with zero attached hydrogens (tertiary/aromatic N) is 5. The highest BCUT2D eigenvalue weighted by atomic mass is 35.5. The van der Waals surface area contributed by atoms with Crippen LogP contribution < -0.4 is 5.73 Å². The van der Waals surface area contributed by atoms with Gasteiger partial charge in [0, 0.05) is 31.6 Å². The molecule has 2 aliphatic rings. The number of nitrogens with two attached hydrogens (primary N) is 1. The molecule has 3 N–H and O–H groups in total. The first-order valence-electron chi connectivity index (χ1n) is 13.3. The maximum absolute atomic E-state index is 11.4. The quantitative estimate of drug-likeness (QED) is 0.307. The summed E-state index contributed by atoms with van der Waals surface area (Å²) in [5.41, 5.74) is 6.94. The van der Waals surface area contributed by atoms with Crippen molar-refractivity contribution >= 4 is 34.8 Å². The van der Waals surface area contributed by atoms with E-state index in [-0.39, 0.29) is 5.82 Å². The molecule has 11 heteroatoms. The number of carbonyl (C=O) groups excluding carboxylic acids is 1. The molecule has 10 nitrogen and oxygen atoms in total. The molecule has 2 saturated carbocycles. The van der Waals surface area contributed by atoms with Crippen molar-refractivity contribution in [2.24, 2.45) is 17.6 Å².